The number of aromatic carboxylic acids is 1. The molecule has 0 spiro atoms. The van der Waals surface area contributed by atoms with Gasteiger partial charge in [-0.2, -0.15) is 0 Å². The zero-order valence-electron chi connectivity index (χ0n) is 9.43. The molecule has 1 aromatic heterocycles. The van der Waals surface area contributed by atoms with Gasteiger partial charge in [-0.3, -0.25) is 4.21 Å². The molecule has 1 atom stereocenters. The molecule has 19 heavy (non-hydrogen) atoms. The van der Waals surface area contributed by atoms with E-state index in [9.17, 15) is 17.8 Å². The molecule has 1 heterocycles. The Morgan fingerprint density at radius 3 is 2.63 bits per heavy atom. The van der Waals surface area contributed by atoms with Crippen molar-refractivity contribution in [3.63, 3.8) is 0 Å². The van der Waals surface area contributed by atoms with Crippen LogP contribution in [0.1, 0.15) is 16.1 Å². The van der Waals surface area contributed by atoms with Crippen molar-refractivity contribution in [3.05, 3.63) is 53.3 Å². The first kappa shape index (κ1) is 13.4. The molecule has 0 amide bonds. The molecule has 0 saturated heterocycles. The van der Waals surface area contributed by atoms with Gasteiger partial charge >= 0.3 is 5.97 Å². The van der Waals surface area contributed by atoms with Gasteiger partial charge in [-0.15, -0.1) is 0 Å². The standard InChI is InChI=1S/C12H8F2O4S/c13-8-3-1-2-7(11(8)14)6-19(17)10-5-4-9(18-10)12(15)16/h1-5H,6H2,(H,15,16). The van der Waals surface area contributed by atoms with Gasteiger partial charge in [0.2, 0.25) is 5.76 Å². The van der Waals surface area contributed by atoms with Crippen molar-refractivity contribution >= 4 is 16.8 Å². The van der Waals surface area contributed by atoms with Crippen molar-refractivity contribution in [1.29, 1.82) is 0 Å². The maximum atomic E-state index is 13.4. The Kier molecular flexibility index (Phi) is 3.75. The van der Waals surface area contributed by atoms with Crippen LogP contribution in [0.25, 0.3) is 0 Å². The molecule has 2 rings (SSSR count). The summed E-state index contributed by atoms with van der Waals surface area (Å²) < 4.78 is 43.0. The first-order valence-electron chi connectivity index (χ1n) is 5.13. The molecular weight excluding hydrogens is 278 g/mol. The van der Waals surface area contributed by atoms with Gasteiger partial charge in [-0.05, 0) is 18.2 Å². The fourth-order valence-corrected chi connectivity index (χ4v) is 2.48. The van der Waals surface area contributed by atoms with Crippen LogP contribution in [0, 0.1) is 11.6 Å². The Balaban J connectivity index is 2.21. The Bertz CT molecular complexity index is 651. The number of carbonyl (C=O) groups is 1. The third-order valence-corrected chi connectivity index (χ3v) is 3.58. The number of hydrogen-bond acceptors (Lipinski definition) is 3. The first-order valence-corrected chi connectivity index (χ1v) is 6.45. The Morgan fingerprint density at radius 1 is 1.26 bits per heavy atom. The number of hydrogen-bond donors (Lipinski definition) is 1. The lowest BCUT2D eigenvalue weighted by atomic mass is 10.2. The van der Waals surface area contributed by atoms with E-state index < -0.39 is 28.4 Å². The van der Waals surface area contributed by atoms with Gasteiger partial charge in [-0.25, -0.2) is 13.6 Å². The lowest BCUT2D eigenvalue weighted by Gasteiger charge is -2.02. The van der Waals surface area contributed by atoms with E-state index in [2.05, 4.69) is 0 Å². The van der Waals surface area contributed by atoms with E-state index in [1.54, 1.807) is 0 Å². The summed E-state index contributed by atoms with van der Waals surface area (Å²) in [5.74, 6) is -4.04. The monoisotopic (exact) mass is 286 g/mol. The zero-order valence-corrected chi connectivity index (χ0v) is 10.2. The van der Waals surface area contributed by atoms with E-state index in [1.807, 2.05) is 0 Å². The maximum absolute atomic E-state index is 13.4. The van der Waals surface area contributed by atoms with Gasteiger partial charge in [0.25, 0.3) is 0 Å². The summed E-state index contributed by atoms with van der Waals surface area (Å²) in [6, 6.07) is 5.94. The largest absolute Gasteiger partial charge is 0.475 e. The second kappa shape index (κ2) is 5.31. The molecule has 0 aliphatic heterocycles. The van der Waals surface area contributed by atoms with Crippen molar-refractivity contribution in [2.75, 3.05) is 0 Å². The summed E-state index contributed by atoms with van der Waals surface area (Å²) >= 11 is 0. The van der Waals surface area contributed by atoms with Gasteiger partial charge in [0.15, 0.2) is 16.7 Å². The average Bonchev–Trinajstić information content (AvgIpc) is 2.84. The van der Waals surface area contributed by atoms with Gasteiger partial charge < -0.3 is 9.52 Å². The fraction of sp³-hybridized carbons (Fsp3) is 0.0833. The van der Waals surface area contributed by atoms with Crippen LogP contribution < -0.4 is 0 Å². The summed E-state index contributed by atoms with van der Waals surface area (Å²) in [4.78, 5) is 10.6. The molecule has 100 valence electrons. The molecule has 7 heteroatoms. The minimum atomic E-state index is -1.79. The highest BCUT2D eigenvalue weighted by molar-refractivity contribution is 7.84. The van der Waals surface area contributed by atoms with Crippen molar-refractivity contribution < 1.29 is 27.3 Å². The Morgan fingerprint density at radius 2 is 2.00 bits per heavy atom. The van der Waals surface area contributed by atoms with Gasteiger partial charge in [-0.1, -0.05) is 12.1 Å². The maximum Gasteiger partial charge on any atom is 0.371 e. The molecule has 0 radical (unpaired) electrons. The normalized spacial score (nSPS) is 12.3. The molecule has 1 N–H and O–H groups in total. The van der Waals surface area contributed by atoms with Gasteiger partial charge in [0.1, 0.15) is 0 Å². The van der Waals surface area contributed by atoms with Gasteiger partial charge in [0, 0.05) is 5.56 Å². The Labute approximate surface area is 109 Å². The van der Waals surface area contributed by atoms with Crippen LogP contribution in [-0.2, 0) is 16.6 Å². The highest BCUT2D eigenvalue weighted by Gasteiger charge is 2.16. The molecule has 4 nitrogen and oxygen atoms in total. The number of carboxylic acid groups (broad SMARTS) is 1. The quantitative estimate of drug-likeness (QED) is 0.938. The summed E-state index contributed by atoms with van der Waals surface area (Å²) in [6.07, 6.45) is 0. The highest BCUT2D eigenvalue weighted by atomic mass is 32.2. The molecule has 2 aromatic rings. The second-order valence-corrected chi connectivity index (χ2v) is 5.01. The van der Waals surface area contributed by atoms with Crippen molar-refractivity contribution in [2.24, 2.45) is 0 Å². The minimum Gasteiger partial charge on any atom is -0.475 e. The average molecular weight is 286 g/mol. The number of carboxylic acids is 1. The van der Waals surface area contributed by atoms with E-state index in [-0.39, 0.29) is 22.2 Å². The first-order chi connectivity index (χ1) is 8.99. The van der Waals surface area contributed by atoms with Crippen molar-refractivity contribution in [3.8, 4) is 0 Å². The third-order valence-electron chi connectivity index (χ3n) is 2.33. The van der Waals surface area contributed by atoms with E-state index in [0.717, 1.165) is 12.1 Å². The van der Waals surface area contributed by atoms with Gasteiger partial charge in [0.05, 0.1) is 16.6 Å². The fourth-order valence-electron chi connectivity index (χ4n) is 1.43. The van der Waals surface area contributed by atoms with Crippen LogP contribution in [0.3, 0.4) is 0 Å². The summed E-state index contributed by atoms with van der Waals surface area (Å²) in [5, 5.41) is 8.55. The minimum absolute atomic E-state index is 0.0633. The number of furan rings is 1. The SMILES string of the molecule is O=C(O)c1ccc(S(=O)Cc2cccc(F)c2F)o1. The number of rotatable bonds is 4. The van der Waals surface area contributed by atoms with Crippen LogP contribution in [-0.4, -0.2) is 15.3 Å². The zero-order chi connectivity index (χ0) is 14.0. The van der Waals surface area contributed by atoms with Crippen LogP contribution >= 0.6 is 0 Å². The highest BCUT2D eigenvalue weighted by Crippen LogP contribution is 2.19. The topological polar surface area (TPSA) is 67.5 Å². The van der Waals surface area contributed by atoms with Crippen molar-refractivity contribution in [2.45, 2.75) is 10.8 Å². The Hall–Kier alpha value is -2.02. The van der Waals surface area contributed by atoms with Crippen LogP contribution in [0.2, 0.25) is 0 Å². The van der Waals surface area contributed by atoms with E-state index in [4.69, 9.17) is 9.52 Å². The molecule has 0 bridgehead atoms. The number of halogens is 2. The van der Waals surface area contributed by atoms with E-state index >= 15 is 0 Å². The number of benzene rings is 1. The predicted molar refractivity (Wildman–Crippen MR) is 62.1 cm³/mol. The second-order valence-electron chi connectivity index (χ2n) is 3.63. The predicted octanol–water partition coefficient (Wildman–Crippen LogP) is 2.56. The van der Waals surface area contributed by atoms with Crippen LogP contribution in [0.5, 0.6) is 0 Å². The molecule has 0 aliphatic rings. The van der Waals surface area contributed by atoms with Crippen LogP contribution in [0.15, 0.2) is 39.8 Å². The molecular formula is C12H8F2O4S. The molecule has 0 saturated carbocycles. The van der Waals surface area contributed by atoms with E-state index in [1.165, 1.54) is 18.2 Å². The molecule has 0 fully saturated rings. The lowest BCUT2D eigenvalue weighted by molar-refractivity contribution is 0.0656. The lowest BCUT2D eigenvalue weighted by Crippen LogP contribution is -2.00. The molecule has 1 aromatic carbocycles. The summed E-state index contributed by atoms with van der Waals surface area (Å²) in [7, 11) is -1.79. The summed E-state index contributed by atoms with van der Waals surface area (Å²) in [6.45, 7) is 0. The van der Waals surface area contributed by atoms with Crippen molar-refractivity contribution in [1.82, 2.24) is 0 Å². The van der Waals surface area contributed by atoms with Crippen LogP contribution in [0.4, 0.5) is 8.78 Å². The molecule has 0 aliphatic carbocycles. The summed E-state index contributed by atoms with van der Waals surface area (Å²) in [5.41, 5.74) is -0.0633. The smallest absolute Gasteiger partial charge is 0.371 e. The third kappa shape index (κ3) is 2.87. The van der Waals surface area contributed by atoms with E-state index in [0.29, 0.717) is 0 Å². The molecule has 1 unspecified atom stereocenters.